The van der Waals surface area contributed by atoms with E-state index in [1.165, 1.54) is 12.8 Å². The summed E-state index contributed by atoms with van der Waals surface area (Å²) in [7, 11) is 0. The fourth-order valence-electron chi connectivity index (χ4n) is 0.557. The van der Waals surface area contributed by atoms with Gasteiger partial charge in [-0.25, -0.2) is 0 Å². The number of hydrogen-bond donors (Lipinski definition) is 0. The Kier molecular flexibility index (Phi) is 3.01. The number of rotatable bonds is 2. The van der Waals surface area contributed by atoms with Crippen LogP contribution in [0.2, 0.25) is 0 Å². The van der Waals surface area contributed by atoms with Crippen molar-refractivity contribution in [1.82, 2.24) is 0 Å². The molecule has 2 saturated heterocycles. The second-order valence-electron chi connectivity index (χ2n) is 2.36. The molecule has 54 valence electrons. The lowest BCUT2D eigenvalue weighted by molar-refractivity contribution is 0.395. The molecule has 0 radical (unpaired) electrons. The molecule has 2 nitrogen and oxygen atoms in total. The SMILES string of the molecule is C1CO1.CCCC1CO1. The molecule has 9 heavy (non-hydrogen) atoms. The zero-order valence-electron chi connectivity index (χ0n) is 5.93. The molecule has 0 aliphatic carbocycles. The Morgan fingerprint density at radius 3 is 2.11 bits per heavy atom. The summed E-state index contributed by atoms with van der Waals surface area (Å²) in [4.78, 5) is 0. The Hall–Kier alpha value is -0.0800. The third-order valence-corrected chi connectivity index (χ3v) is 1.22. The Morgan fingerprint density at radius 1 is 1.44 bits per heavy atom. The van der Waals surface area contributed by atoms with Crippen LogP contribution in [0.1, 0.15) is 19.8 Å². The van der Waals surface area contributed by atoms with Gasteiger partial charge >= 0.3 is 0 Å². The molecule has 0 aromatic heterocycles. The first-order valence-corrected chi connectivity index (χ1v) is 3.63. The average molecular weight is 130 g/mol. The lowest BCUT2D eigenvalue weighted by Gasteiger charge is -1.79. The molecule has 2 heteroatoms. The first kappa shape index (κ1) is 7.03. The molecule has 0 aromatic rings. The first-order chi connectivity index (χ1) is 4.43. The van der Waals surface area contributed by atoms with Crippen LogP contribution in [-0.2, 0) is 9.47 Å². The van der Waals surface area contributed by atoms with Crippen LogP contribution in [0.4, 0.5) is 0 Å². The lowest BCUT2D eigenvalue weighted by Crippen LogP contribution is -1.78. The van der Waals surface area contributed by atoms with E-state index < -0.39 is 0 Å². The number of epoxide rings is 2. The van der Waals surface area contributed by atoms with E-state index in [1.54, 1.807) is 0 Å². The highest BCUT2D eigenvalue weighted by molar-refractivity contribution is 4.66. The maximum atomic E-state index is 4.95. The standard InChI is InChI=1S/C5H10O.C2H4O/c1-2-3-5-4-6-5;1-2-3-1/h5H,2-4H2,1H3;1-2H2. The van der Waals surface area contributed by atoms with Gasteiger partial charge in [0.05, 0.1) is 25.9 Å². The normalized spacial score (nSPS) is 28.3. The van der Waals surface area contributed by atoms with Gasteiger partial charge in [0.2, 0.25) is 0 Å². The van der Waals surface area contributed by atoms with Crippen molar-refractivity contribution in [2.24, 2.45) is 0 Å². The Morgan fingerprint density at radius 2 is 2.00 bits per heavy atom. The van der Waals surface area contributed by atoms with Gasteiger partial charge in [0, 0.05) is 0 Å². The summed E-state index contributed by atoms with van der Waals surface area (Å²) in [6.07, 6.45) is 3.18. The van der Waals surface area contributed by atoms with Crippen molar-refractivity contribution in [3.05, 3.63) is 0 Å². The van der Waals surface area contributed by atoms with E-state index in [0.717, 1.165) is 19.8 Å². The minimum absolute atomic E-state index is 0.648. The lowest BCUT2D eigenvalue weighted by atomic mass is 10.3. The van der Waals surface area contributed by atoms with Gasteiger partial charge in [-0.2, -0.15) is 0 Å². The van der Waals surface area contributed by atoms with Gasteiger partial charge < -0.3 is 9.47 Å². The summed E-state index contributed by atoms with van der Waals surface area (Å²) in [5, 5.41) is 0. The molecule has 0 spiro atoms. The monoisotopic (exact) mass is 130 g/mol. The maximum absolute atomic E-state index is 4.95. The predicted molar refractivity (Wildman–Crippen MR) is 35.5 cm³/mol. The summed E-state index contributed by atoms with van der Waals surface area (Å²) < 4.78 is 9.45. The Balaban J connectivity index is 0.000000112. The summed E-state index contributed by atoms with van der Waals surface area (Å²) in [5.74, 6) is 0. The number of ether oxygens (including phenoxy) is 2. The van der Waals surface area contributed by atoms with E-state index in [-0.39, 0.29) is 0 Å². The van der Waals surface area contributed by atoms with Crippen LogP contribution in [0.25, 0.3) is 0 Å². The molecule has 0 bridgehead atoms. The molecule has 1 unspecified atom stereocenters. The second kappa shape index (κ2) is 3.85. The van der Waals surface area contributed by atoms with Crippen LogP contribution < -0.4 is 0 Å². The summed E-state index contributed by atoms with van der Waals surface area (Å²) in [6.45, 7) is 5.20. The second-order valence-corrected chi connectivity index (χ2v) is 2.36. The highest BCUT2D eigenvalue weighted by atomic mass is 16.6. The average Bonchev–Trinajstić information content (AvgIpc) is 2.67. The van der Waals surface area contributed by atoms with Crippen LogP contribution in [-0.4, -0.2) is 25.9 Å². The van der Waals surface area contributed by atoms with Crippen molar-refractivity contribution >= 4 is 0 Å². The van der Waals surface area contributed by atoms with Crippen molar-refractivity contribution in [1.29, 1.82) is 0 Å². The van der Waals surface area contributed by atoms with Crippen molar-refractivity contribution < 1.29 is 9.47 Å². The molecule has 1 atom stereocenters. The van der Waals surface area contributed by atoms with Crippen LogP contribution >= 0.6 is 0 Å². The van der Waals surface area contributed by atoms with Gasteiger partial charge in [0.1, 0.15) is 0 Å². The minimum atomic E-state index is 0.648. The molecule has 2 aliphatic heterocycles. The van der Waals surface area contributed by atoms with Gasteiger partial charge in [-0.3, -0.25) is 0 Å². The zero-order chi connectivity index (χ0) is 6.53. The van der Waals surface area contributed by atoms with Gasteiger partial charge in [0.15, 0.2) is 0 Å². The zero-order valence-corrected chi connectivity index (χ0v) is 5.93. The first-order valence-electron chi connectivity index (χ1n) is 3.63. The van der Waals surface area contributed by atoms with Crippen molar-refractivity contribution in [2.75, 3.05) is 19.8 Å². The van der Waals surface area contributed by atoms with E-state index in [9.17, 15) is 0 Å². The van der Waals surface area contributed by atoms with Crippen LogP contribution in [0.3, 0.4) is 0 Å². The van der Waals surface area contributed by atoms with Gasteiger partial charge in [0.25, 0.3) is 0 Å². The topological polar surface area (TPSA) is 25.1 Å². The van der Waals surface area contributed by atoms with Crippen molar-refractivity contribution in [2.45, 2.75) is 25.9 Å². The minimum Gasteiger partial charge on any atom is -0.377 e. The van der Waals surface area contributed by atoms with E-state index in [2.05, 4.69) is 11.7 Å². The van der Waals surface area contributed by atoms with Crippen LogP contribution in [0.15, 0.2) is 0 Å². The molecule has 2 aliphatic rings. The molecular weight excluding hydrogens is 116 g/mol. The fraction of sp³-hybridized carbons (Fsp3) is 1.00. The molecule has 2 heterocycles. The fourth-order valence-corrected chi connectivity index (χ4v) is 0.557. The molecular formula is C7H14O2. The molecule has 0 saturated carbocycles. The smallest absolute Gasteiger partial charge is 0.0809 e. The highest BCUT2D eigenvalue weighted by Crippen LogP contribution is 2.14. The van der Waals surface area contributed by atoms with Crippen LogP contribution in [0, 0.1) is 0 Å². The van der Waals surface area contributed by atoms with E-state index in [4.69, 9.17) is 4.74 Å². The Labute approximate surface area is 56.2 Å². The number of hydrogen-bond acceptors (Lipinski definition) is 2. The van der Waals surface area contributed by atoms with E-state index in [1.807, 2.05) is 0 Å². The molecule has 0 aromatic carbocycles. The van der Waals surface area contributed by atoms with Crippen LogP contribution in [0.5, 0.6) is 0 Å². The molecule has 2 rings (SSSR count). The third kappa shape index (κ3) is 5.80. The third-order valence-electron chi connectivity index (χ3n) is 1.22. The quantitative estimate of drug-likeness (QED) is 0.525. The van der Waals surface area contributed by atoms with Gasteiger partial charge in [-0.05, 0) is 6.42 Å². The molecule has 0 N–H and O–H groups in total. The predicted octanol–water partition coefficient (Wildman–Crippen LogP) is 1.20. The summed E-state index contributed by atoms with van der Waals surface area (Å²) >= 11 is 0. The largest absolute Gasteiger partial charge is 0.377 e. The maximum Gasteiger partial charge on any atom is 0.0809 e. The van der Waals surface area contributed by atoms with Crippen molar-refractivity contribution in [3.63, 3.8) is 0 Å². The highest BCUT2D eigenvalue weighted by Gasteiger charge is 2.19. The van der Waals surface area contributed by atoms with Gasteiger partial charge in [-0.15, -0.1) is 0 Å². The van der Waals surface area contributed by atoms with E-state index in [0.29, 0.717) is 6.10 Å². The Bertz CT molecular complexity index is 64.6. The van der Waals surface area contributed by atoms with Gasteiger partial charge in [-0.1, -0.05) is 13.3 Å². The summed E-state index contributed by atoms with van der Waals surface area (Å²) in [6, 6.07) is 0. The summed E-state index contributed by atoms with van der Waals surface area (Å²) in [5.41, 5.74) is 0. The van der Waals surface area contributed by atoms with Crippen molar-refractivity contribution in [3.8, 4) is 0 Å². The van der Waals surface area contributed by atoms with E-state index >= 15 is 0 Å². The molecule has 0 amide bonds. The molecule has 2 fully saturated rings.